The van der Waals surface area contributed by atoms with Crippen LogP contribution in [0.1, 0.15) is 30.3 Å². The van der Waals surface area contributed by atoms with E-state index in [2.05, 4.69) is 10.4 Å². The van der Waals surface area contributed by atoms with Crippen molar-refractivity contribution in [3.8, 4) is 11.1 Å². The molecule has 0 aliphatic rings. The number of nitrogens with one attached hydrogen (secondary N) is 1. The van der Waals surface area contributed by atoms with Crippen molar-refractivity contribution in [3.05, 3.63) is 82.8 Å². The fourth-order valence-corrected chi connectivity index (χ4v) is 2.61. The van der Waals surface area contributed by atoms with E-state index in [1.807, 2.05) is 61.5 Å². The van der Waals surface area contributed by atoms with Gasteiger partial charge >= 0.3 is 0 Å². The van der Waals surface area contributed by atoms with Crippen molar-refractivity contribution < 1.29 is 4.79 Å². The zero-order valence-electron chi connectivity index (χ0n) is 14.7. The second-order valence-electron chi connectivity index (χ2n) is 6.03. The van der Waals surface area contributed by atoms with Gasteiger partial charge in [-0.3, -0.25) is 9.59 Å². The molecule has 1 aromatic heterocycles. The van der Waals surface area contributed by atoms with E-state index in [4.69, 9.17) is 0 Å². The smallest absolute Gasteiger partial charge is 0.276 e. The highest BCUT2D eigenvalue weighted by Crippen LogP contribution is 2.21. The molecule has 5 heteroatoms. The SMILES string of the molecule is CCCCn1nc(C(=O)Nc2ccc(-c3ccccc3)cc2)ccc1=O. The van der Waals surface area contributed by atoms with Gasteiger partial charge in [-0.1, -0.05) is 55.8 Å². The molecule has 0 radical (unpaired) electrons. The lowest BCUT2D eigenvalue weighted by Gasteiger charge is -2.08. The summed E-state index contributed by atoms with van der Waals surface area (Å²) < 4.78 is 1.34. The van der Waals surface area contributed by atoms with Gasteiger partial charge < -0.3 is 5.32 Å². The third-order valence-electron chi connectivity index (χ3n) is 4.07. The first-order valence-corrected chi connectivity index (χ1v) is 8.72. The van der Waals surface area contributed by atoms with Crippen molar-refractivity contribution in [2.45, 2.75) is 26.3 Å². The van der Waals surface area contributed by atoms with Crippen LogP contribution >= 0.6 is 0 Å². The zero-order valence-corrected chi connectivity index (χ0v) is 14.7. The molecule has 0 aliphatic carbocycles. The number of aromatic nitrogens is 2. The second kappa shape index (κ2) is 8.25. The molecule has 1 heterocycles. The number of amides is 1. The fraction of sp³-hybridized carbons (Fsp3) is 0.190. The van der Waals surface area contributed by atoms with Gasteiger partial charge in [-0.15, -0.1) is 0 Å². The number of carbonyl (C=O) groups excluding carboxylic acids is 1. The highest BCUT2D eigenvalue weighted by Gasteiger charge is 2.10. The number of carbonyl (C=O) groups is 1. The Kier molecular flexibility index (Phi) is 5.59. The molecule has 5 nitrogen and oxygen atoms in total. The minimum Gasteiger partial charge on any atom is -0.321 e. The van der Waals surface area contributed by atoms with Crippen LogP contribution in [-0.2, 0) is 6.54 Å². The number of hydrogen-bond donors (Lipinski definition) is 1. The van der Waals surface area contributed by atoms with Gasteiger partial charge in [-0.25, -0.2) is 4.68 Å². The van der Waals surface area contributed by atoms with Crippen LogP contribution < -0.4 is 10.9 Å². The molecule has 0 atom stereocenters. The van der Waals surface area contributed by atoms with Crippen LogP contribution in [0.2, 0.25) is 0 Å². The molecule has 0 unspecified atom stereocenters. The average Bonchev–Trinajstić information content (AvgIpc) is 2.68. The minimum atomic E-state index is -0.331. The average molecular weight is 347 g/mol. The highest BCUT2D eigenvalue weighted by molar-refractivity contribution is 6.02. The summed E-state index contributed by atoms with van der Waals surface area (Å²) in [5.74, 6) is -0.331. The Bertz CT molecular complexity index is 931. The van der Waals surface area contributed by atoms with Crippen molar-refractivity contribution >= 4 is 11.6 Å². The van der Waals surface area contributed by atoms with Crippen molar-refractivity contribution in [2.24, 2.45) is 0 Å². The molecule has 0 spiro atoms. The maximum atomic E-state index is 12.4. The number of rotatable bonds is 6. The van der Waals surface area contributed by atoms with E-state index < -0.39 is 0 Å². The molecule has 2 aromatic carbocycles. The Labute approximate surface area is 152 Å². The van der Waals surface area contributed by atoms with E-state index in [-0.39, 0.29) is 17.2 Å². The first-order valence-electron chi connectivity index (χ1n) is 8.72. The molecule has 0 fully saturated rings. The predicted molar refractivity (Wildman–Crippen MR) is 103 cm³/mol. The Morgan fingerprint density at radius 1 is 0.962 bits per heavy atom. The number of hydrogen-bond acceptors (Lipinski definition) is 3. The maximum absolute atomic E-state index is 12.4. The molecular weight excluding hydrogens is 326 g/mol. The Balaban J connectivity index is 1.73. The van der Waals surface area contributed by atoms with E-state index in [1.165, 1.54) is 16.8 Å². The molecular formula is C21H21N3O2. The predicted octanol–water partition coefficient (Wildman–Crippen LogP) is 3.96. The summed E-state index contributed by atoms with van der Waals surface area (Å²) in [5, 5.41) is 6.99. The Morgan fingerprint density at radius 3 is 2.35 bits per heavy atom. The summed E-state index contributed by atoms with van der Waals surface area (Å²) in [6, 6.07) is 20.5. The standard InChI is InChI=1S/C21H21N3O2/c1-2-3-15-24-20(25)14-13-19(23-24)21(26)22-18-11-9-17(10-12-18)16-7-5-4-6-8-16/h4-14H,2-3,15H2,1H3,(H,22,26). The van der Waals surface area contributed by atoms with Gasteiger partial charge in [-0.05, 0) is 35.7 Å². The van der Waals surface area contributed by atoms with Crippen LogP contribution in [0.15, 0.2) is 71.5 Å². The molecule has 26 heavy (non-hydrogen) atoms. The molecule has 3 aromatic rings. The maximum Gasteiger partial charge on any atom is 0.276 e. The first-order chi connectivity index (χ1) is 12.7. The highest BCUT2D eigenvalue weighted by atomic mass is 16.2. The van der Waals surface area contributed by atoms with Crippen LogP contribution in [0.4, 0.5) is 5.69 Å². The van der Waals surface area contributed by atoms with Gasteiger partial charge in [0.2, 0.25) is 0 Å². The number of unbranched alkanes of at least 4 members (excludes halogenated alkanes) is 1. The van der Waals surface area contributed by atoms with E-state index >= 15 is 0 Å². The van der Waals surface area contributed by atoms with Crippen molar-refractivity contribution in [1.82, 2.24) is 9.78 Å². The van der Waals surface area contributed by atoms with Gasteiger partial charge in [0.15, 0.2) is 0 Å². The number of nitrogens with zero attached hydrogens (tertiary/aromatic N) is 2. The van der Waals surface area contributed by atoms with E-state index in [9.17, 15) is 9.59 Å². The Hall–Kier alpha value is -3.21. The summed E-state index contributed by atoms with van der Waals surface area (Å²) >= 11 is 0. The van der Waals surface area contributed by atoms with Crippen molar-refractivity contribution in [2.75, 3.05) is 5.32 Å². The lowest BCUT2D eigenvalue weighted by atomic mass is 10.1. The van der Waals surface area contributed by atoms with Crippen LogP contribution in [0, 0.1) is 0 Å². The van der Waals surface area contributed by atoms with E-state index in [0.29, 0.717) is 12.2 Å². The molecule has 0 saturated carbocycles. The van der Waals surface area contributed by atoms with E-state index in [1.54, 1.807) is 0 Å². The zero-order chi connectivity index (χ0) is 18.4. The van der Waals surface area contributed by atoms with Crippen LogP contribution in [0.5, 0.6) is 0 Å². The minimum absolute atomic E-state index is 0.192. The molecule has 1 N–H and O–H groups in total. The topological polar surface area (TPSA) is 64.0 Å². The summed E-state index contributed by atoms with van der Waals surface area (Å²) in [5.41, 5.74) is 2.92. The largest absolute Gasteiger partial charge is 0.321 e. The van der Waals surface area contributed by atoms with Crippen LogP contribution in [0.25, 0.3) is 11.1 Å². The monoisotopic (exact) mass is 347 g/mol. The van der Waals surface area contributed by atoms with Gasteiger partial charge in [0, 0.05) is 18.3 Å². The summed E-state index contributed by atoms with van der Waals surface area (Å²) in [7, 11) is 0. The number of anilines is 1. The summed E-state index contributed by atoms with van der Waals surface area (Å²) in [4.78, 5) is 24.2. The second-order valence-corrected chi connectivity index (χ2v) is 6.03. The van der Waals surface area contributed by atoms with Gasteiger partial charge in [0.05, 0.1) is 0 Å². The van der Waals surface area contributed by atoms with E-state index in [0.717, 1.165) is 24.0 Å². The van der Waals surface area contributed by atoms with Gasteiger partial charge in [-0.2, -0.15) is 5.10 Å². The fourth-order valence-electron chi connectivity index (χ4n) is 2.61. The first kappa shape index (κ1) is 17.6. The molecule has 1 amide bonds. The molecule has 3 rings (SSSR count). The lowest BCUT2D eigenvalue weighted by molar-refractivity contribution is 0.101. The van der Waals surface area contributed by atoms with Crippen LogP contribution in [0.3, 0.4) is 0 Å². The van der Waals surface area contributed by atoms with Crippen molar-refractivity contribution in [1.29, 1.82) is 0 Å². The molecule has 0 bridgehead atoms. The Morgan fingerprint density at radius 2 is 1.65 bits per heavy atom. The van der Waals surface area contributed by atoms with Gasteiger partial charge in [0.1, 0.15) is 5.69 Å². The van der Waals surface area contributed by atoms with Gasteiger partial charge in [0.25, 0.3) is 11.5 Å². The molecule has 0 aliphatic heterocycles. The van der Waals surface area contributed by atoms with Crippen molar-refractivity contribution in [3.63, 3.8) is 0 Å². The lowest BCUT2D eigenvalue weighted by Crippen LogP contribution is -2.26. The summed E-state index contributed by atoms with van der Waals surface area (Å²) in [6.45, 7) is 2.56. The summed E-state index contributed by atoms with van der Waals surface area (Å²) in [6.07, 6.45) is 1.80. The number of benzene rings is 2. The third kappa shape index (κ3) is 4.25. The molecule has 0 saturated heterocycles. The quantitative estimate of drug-likeness (QED) is 0.734. The molecule has 132 valence electrons. The third-order valence-corrected chi connectivity index (χ3v) is 4.07. The normalized spacial score (nSPS) is 10.5. The number of aryl methyl sites for hydroxylation is 1. The van der Waals surface area contributed by atoms with Crippen LogP contribution in [-0.4, -0.2) is 15.7 Å².